The van der Waals surface area contributed by atoms with E-state index < -0.39 is 23.6 Å². The van der Waals surface area contributed by atoms with Crippen LogP contribution in [0.5, 0.6) is 11.5 Å². The van der Waals surface area contributed by atoms with Crippen LogP contribution in [0.3, 0.4) is 0 Å². The lowest BCUT2D eigenvalue weighted by molar-refractivity contribution is -0.137. The van der Waals surface area contributed by atoms with Crippen molar-refractivity contribution < 1.29 is 32.2 Å². The normalized spacial score (nSPS) is 12.3. The molecule has 2 N–H and O–H groups in total. The van der Waals surface area contributed by atoms with Crippen molar-refractivity contribution in [3.63, 3.8) is 0 Å². The van der Waals surface area contributed by atoms with Gasteiger partial charge in [0.1, 0.15) is 0 Å². The van der Waals surface area contributed by atoms with Crippen LogP contribution in [0.2, 0.25) is 0 Å². The number of halogens is 3. The van der Waals surface area contributed by atoms with Crippen molar-refractivity contribution in [3.8, 4) is 11.5 Å². The fourth-order valence-electron chi connectivity index (χ4n) is 2.92. The van der Waals surface area contributed by atoms with E-state index in [0.29, 0.717) is 22.9 Å². The van der Waals surface area contributed by atoms with Gasteiger partial charge in [-0.1, -0.05) is 23.9 Å². The van der Waals surface area contributed by atoms with Crippen molar-refractivity contribution in [3.05, 3.63) is 71.9 Å². The molecule has 3 aromatic rings. The molecule has 33 heavy (non-hydrogen) atoms. The molecule has 7 nitrogen and oxygen atoms in total. The molecule has 0 atom stereocenters. The second-order valence-corrected chi connectivity index (χ2v) is 7.78. The Morgan fingerprint density at radius 1 is 1.00 bits per heavy atom. The summed E-state index contributed by atoms with van der Waals surface area (Å²) in [5.74, 6) is 0.118. The average molecular weight is 475 g/mol. The van der Waals surface area contributed by atoms with Crippen LogP contribution >= 0.6 is 11.8 Å². The van der Waals surface area contributed by atoms with Crippen molar-refractivity contribution in [2.45, 2.75) is 11.2 Å². The van der Waals surface area contributed by atoms with Gasteiger partial charge < -0.3 is 20.1 Å². The van der Waals surface area contributed by atoms with E-state index in [2.05, 4.69) is 15.6 Å². The first-order valence-electron chi connectivity index (χ1n) is 9.55. The number of thioether (sulfide) groups is 1. The monoisotopic (exact) mass is 475 g/mol. The number of aromatic nitrogens is 1. The van der Waals surface area contributed by atoms with Gasteiger partial charge in [-0.25, -0.2) is 4.98 Å². The average Bonchev–Trinajstić information content (AvgIpc) is 3.25. The Morgan fingerprint density at radius 3 is 2.55 bits per heavy atom. The smallest absolute Gasteiger partial charge is 0.417 e. The van der Waals surface area contributed by atoms with E-state index in [9.17, 15) is 22.8 Å². The lowest BCUT2D eigenvalue weighted by Crippen LogP contribution is -2.19. The highest BCUT2D eigenvalue weighted by Gasteiger charge is 2.30. The van der Waals surface area contributed by atoms with Crippen molar-refractivity contribution in [2.75, 3.05) is 23.2 Å². The number of rotatable bonds is 6. The van der Waals surface area contributed by atoms with E-state index >= 15 is 0 Å². The predicted octanol–water partition coefficient (Wildman–Crippen LogP) is 4.81. The number of benzene rings is 2. The molecule has 0 bridgehead atoms. The lowest BCUT2D eigenvalue weighted by atomic mass is 10.1. The van der Waals surface area contributed by atoms with Crippen molar-refractivity contribution in [2.24, 2.45) is 0 Å². The maximum Gasteiger partial charge on any atom is 0.417 e. The maximum absolute atomic E-state index is 12.8. The summed E-state index contributed by atoms with van der Waals surface area (Å²) in [7, 11) is 0. The molecule has 0 radical (unpaired) electrons. The van der Waals surface area contributed by atoms with Crippen LogP contribution in [-0.4, -0.2) is 29.3 Å². The number of para-hydroxylation sites is 1. The zero-order valence-corrected chi connectivity index (χ0v) is 17.6. The van der Waals surface area contributed by atoms with E-state index in [0.717, 1.165) is 24.0 Å². The third kappa shape index (κ3) is 5.55. The zero-order chi connectivity index (χ0) is 23.4. The van der Waals surface area contributed by atoms with Crippen LogP contribution in [0.1, 0.15) is 15.9 Å². The first kappa shape index (κ1) is 22.5. The van der Waals surface area contributed by atoms with Gasteiger partial charge in [0.2, 0.25) is 12.7 Å². The van der Waals surface area contributed by atoms with Gasteiger partial charge in [0.15, 0.2) is 11.5 Å². The molecule has 0 aliphatic carbocycles. The highest BCUT2D eigenvalue weighted by atomic mass is 32.2. The first-order valence-corrected chi connectivity index (χ1v) is 10.5. The van der Waals surface area contributed by atoms with Gasteiger partial charge in [0.25, 0.3) is 5.91 Å². The molecule has 2 heterocycles. The van der Waals surface area contributed by atoms with Gasteiger partial charge in [-0.3, -0.25) is 9.59 Å². The van der Waals surface area contributed by atoms with E-state index in [4.69, 9.17) is 9.47 Å². The third-order valence-electron chi connectivity index (χ3n) is 4.49. The quantitative estimate of drug-likeness (QED) is 0.498. The second-order valence-electron chi connectivity index (χ2n) is 6.79. The van der Waals surface area contributed by atoms with Crippen molar-refractivity contribution >= 4 is 35.0 Å². The summed E-state index contributed by atoms with van der Waals surface area (Å²) >= 11 is 0.979. The number of ether oxygens (including phenoxy) is 2. The highest BCUT2D eigenvalue weighted by Crippen LogP contribution is 2.34. The minimum Gasteiger partial charge on any atom is -0.454 e. The molecule has 1 aromatic heterocycles. The predicted molar refractivity (Wildman–Crippen MR) is 116 cm³/mol. The topological polar surface area (TPSA) is 89.6 Å². The molecule has 1 aliphatic heterocycles. The van der Waals surface area contributed by atoms with Crippen LogP contribution in [-0.2, 0) is 11.0 Å². The molecule has 0 spiro atoms. The Hall–Kier alpha value is -3.73. The van der Waals surface area contributed by atoms with Gasteiger partial charge in [-0.05, 0) is 36.4 Å². The number of fused-ring (bicyclic) bond motifs is 1. The molecular formula is C22H16F3N3O4S. The van der Waals surface area contributed by atoms with E-state index in [1.807, 2.05) is 0 Å². The number of anilines is 2. The minimum absolute atomic E-state index is 0.101. The van der Waals surface area contributed by atoms with Gasteiger partial charge in [0.05, 0.1) is 27.6 Å². The Morgan fingerprint density at radius 2 is 1.79 bits per heavy atom. The molecule has 4 rings (SSSR count). The van der Waals surface area contributed by atoms with Crippen LogP contribution < -0.4 is 20.1 Å². The number of amides is 2. The summed E-state index contributed by atoms with van der Waals surface area (Å²) in [6.07, 6.45) is -3.76. The molecule has 0 fully saturated rings. The Balaban J connectivity index is 1.37. The zero-order valence-electron chi connectivity index (χ0n) is 16.8. The van der Waals surface area contributed by atoms with Gasteiger partial charge >= 0.3 is 6.18 Å². The van der Waals surface area contributed by atoms with Crippen LogP contribution in [0, 0.1) is 0 Å². The number of pyridine rings is 1. The lowest BCUT2D eigenvalue weighted by Gasteiger charge is -2.12. The molecule has 0 saturated carbocycles. The third-order valence-corrected chi connectivity index (χ3v) is 5.43. The molecule has 0 unspecified atom stereocenters. The Labute approximate surface area is 190 Å². The summed E-state index contributed by atoms with van der Waals surface area (Å²) < 4.78 is 48.4. The number of hydrogen-bond donors (Lipinski definition) is 2. The standard InChI is InChI=1S/C22H16F3N3O4S/c23-22(24,25)13-5-8-20(26-10-13)33-11-19(29)28-16-4-2-1-3-15(16)21(30)27-14-6-7-17-18(9-14)32-12-31-17/h1-10H,11-12H2,(H,27,30)(H,28,29). The number of carbonyl (C=O) groups excluding carboxylic acids is 2. The van der Waals surface area contributed by atoms with Crippen LogP contribution in [0.25, 0.3) is 0 Å². The summed E-state index contributed by atoms with van der Waals surface area (Å²) in [5.41, 5.74) is 0.163. The summed E-state index contributed by atoms with van der Waals surface area (Å²) in [6.45, 7) is 0.113. The first-order chi connectivity index (χ1) is 15.8. The fraction of sp³-hybridized carbons (Fsp3) is 0.136. The molecular weight excluding hydrogens is 459 g/mol. The SMILES string of the molecule is O=C(CSc1ccc(C(F)(F)F)cn1)Nc1ccccc1C(=O)Nc1ccc2c(c1)OCO2. The fourth-order valence-corrected chi connectivity index (χ4v) is 3.56. The second kappa shape index (κ2) is 9.41. The summed E-state index contributed by atoms with van der Waals surface area (Å²) in [6, 6.07) is 13.5. The number of nitrogens with zero attached hydrogens (tertiary/aromatic N) is 1. The molecule has 170 valence electrons. The van der Waals surface area contributed by atoms with Crippen molar-refractivity contribution in [1.82, 2.24) is 4.98 Å². The molecule has 1 aliphatic rings. The van der Waals surface area contributed by atoms with Gasteiger partial charge in [-0.15, -0.1) is 0 Å². The van der Waals surface area contributed by atoms with Gasteiger partial charge in [0, 0.05) is 18.0 Å². The maximum atomic E-state index is 12.8. The number of alkyl halides is 3. The van der Waals surface area contributed by atoms with E-state index in [1.54, 1.807) is 42.5 Å². The summed E-state index contributed by atoms with van der Waals surface area (Å²) in [5, 5.41) is 5.67. The molecule has 2 amide bonds. The number of carbonyl (C=O) groups is 2. The number of nitrogens with one attached hydrogen (secondary N) is 2. The van der Waals surface area contributed by atoms with Gasteiger partial charge in [-0.2, -0.15) is 13.2 Å². The largest absolute Gasteiger partial charge is 0.454 e. The number of hydrogen-bond acceptors (Lipinski definition) is 6. The highest BCUT2D eigenvalue weighted by molar-refractivity contribution is 7.99. The Bertz CT molecular complexity index is 1190. The molecule has 2 aromatic carbocycles. The van der Waals surface area contributed by atoms with Crippen LogP contribution in [0.4, 0.5) is 24.5 Å². The van der Waals surface area contributed by atoms with Crippen LogP contribution in [0.15, 0.2) is 65.8 Å². The van der Waals surface area contributed by atoms with E-state index in [1.165, 1.54) is 6.07 Å². The molecule has 0 saturated heterocycles. The van der Waals surface area contributed by atoms with Crippen molar-refractivity contribution in [1.29, 1.82) is 0 Å². The summed E-state index contributed by atoms with van der Waals surface area (Å²) in [4.78, 5) is 28.9. The molecule has 11 heteroatoms. The van der Waals surface area contributed by atoms with E-state index in [-0.39, 0.29) is 23.1 Å². The minimum atomic E-state index is -4.47. The Kier molecular flexibility index (Phi) is 6.40.